The third kappa shape index (κ3) is 4.13. The van der Waals surface area contributed by atoms with Crippen molar-refractivity contribution in [1.82, 2.24) is 4.57 Å². The zero-order valence-corrected chi connectivity index (χ0v) is 9.89. The van der Waals surface area contributed by atoms with Crippen LogP contribution in [-0.2, 0) is 23.7 Å². The van der Waals surface area contributed by atoms with Gasteiger partial charge in [-0.3, -0.25) is 4.55 Å². The standard InChI is InChI=1S/C9H14N2O3S.H2O/c1-3-9-10(2)6-7-11(9)5-4-8-15(12,13)14;/h3,6-7H,1,4-5,8H2,2H3;1H2. The molecule has 0 aromatic carbocycles. The third-order valence-electron chi connectivity index (χ3n) is 2.11. The molecule has 0 unspecified atom stereocenters. The largest absolute Gasteiger partial charge is 0.870 e. The predicted octanol–water partition coefficient (Wildman–Crippen LogP) is 0.0567. The summed E-state index contributed by atoms with van der Waals surface area (Å²) in [4.78, 5) is 0. The summed E-state index contributed by atoms with van der Waals surface area (Å²) in [6.45, 7) is 4.22. The first kappa shape index (κ1) is 14.8. The summed E-state index contributed by atoms with van der Waals surface area (Å²) in [7, 11) is -1.97. The lowest BCUT2D eigenvalue weighted by molar-refractivity contribution is -0.672. The fourth-order valence-electron chi connectivity index (χ4n) is 1.40. The van der Waals surface area contributed by atoms with Gasteiger partial charge in [0, 0.05) is 12.5 Å². The van der Waals surface area contributed by atoms with Crippen LogP contribution >= 0.6 is 0 Å². The summed E-state index contributed by atoms with van der Waals surface area (Å²) in [5.74, 6) is 0.691. The summed E-state index contributed by atoms with van der Waals surface area (Å²) in [5, 5.41) is 0. The number of aromatic nitrogens is 2. The van der Waals surface area contributed by atoms with Crippen LogP contribution in [0.3, 0.4) is 0 Å². The molecule has 1 rings (SSSR count). The van der Waals surface area contributed by atoms with Crippen molar-refractivity contribution in [3.63, 3.8) is 0 Å². The van der Waals surface area contributed by atoms with E-state index >= 15 is 0 Å². The lowest BCUT2D eigenvalue weighted by Gasteiger charge is -1.98. The van der Waals surface area contributed by atoms with Crippen LogP contribution in [0.5, 0.6) is 0 Å². The predicted molar refractivity (Wildman–Crippen MR) is 58.7 cm³/mol. The van der Waals surface area contributed by atoms with Gasteiger partial charge in [-0.2, -0.15) is 8.42 Å². The maximum atomic E-state index is 10.5. The molecule has 0 bridgehead atoms. The van der Waals surface area contributed by atoms with E-state index in [0.717, 1.165) is 5.82 Å². The molecule has 1 aromatic heterocycles. The average molecular weight is 248 g/mol. The van der Waals surface area contributed by atoms with Crippen molar-refractivity contribution in [3.8, 4) is 0 Å². The Morgan fingerprint density at radius 2 is 2.25 bits per heavy atom. The van der Waals surface area contributed by atoms with Gasteiger partial charge in [-0.05, 0) is 0 Å². The van der Waals surface area contributed by atoms with Crippen LogP contribution in [0.2, 0.25) is 0 Å². The quantitative estimate of drug-likeness (QED) is 0.589. The molecule has 0 fully saturated rings. The van der Waals surface area contributed by atoms with E-state index in [0.29, 0.717) is 13.0 Å². The molecule has 0 saturated carbocycles. The molecule has 7 heteroatoms. The molecule has 0 atom stereocenters. The van der Waals surface area contributed by atoms with Crippen molar-refractivity contribution < 1.29 is 23.0 Å². The monoisotopic (exact) mass is 248 g/mol. The van der Waals surface area contributed by atoms with Gasteiger partial charge in [0.2, 0.25) is 0 Å². The van der Waals surface area contributed by atoms with Gasteiger partial charge in [-0.25, -0.2) is 9.13 Å². The molecule has 1 aromatic rings. The van der Waals surface area contributed by atoms with Crippen LogP contribution < -0.4 is 4.57 Å². The van der Waals surface area contributed by atoms with Gasteiger partial charge in [0.25, 0.3) is 15.9 Å². The fourth-order valence-corrected chi connectivity index (χ4v) is 1.90. The molecular formula is C9H16N2O4S. The molecular weight excluding hydrogens is 232 g/mol. The number of imidazole rings is 1. The van der Waals surface area contributed by atoms with E-state index in [1.807, 2.05) is 28.6 Å². The van der Waals surface area contributed by atoms with Gasteiger partial charge in [0.1, 0.15) is 12.4 Å². The van der Waals surface area contributed by atoms with Gasteiger partial charge in [-0.15, -0.1) is 0 Å². The molecule has 0 amide bonds. The zero-order valence-electron chi connectivity index (χ0n) is 9.07. The third-order valence-corrected chi connectivity index (χ3v) is 2.91. The SMILES string of the molecule is C=Cc1n(CCCS(=O)(=O)O)cc[n+]1C.[OH-]. The van der Waals surface area contributed by atoms with E-state index in [-0.39, 0.29) is 11.2 Å². The maximum Gasteiger partial charge on any atom is 0.280 e. The first-order valence-electron chi connectivity index (χ1n) is 4.56. The number of rotatable bonds is 5. The van der Waals surface area contributed by atoms with Crippen molar-refractivity contribution in [3.05, 3.63) is 24.8 Å². The first-order valence-corrected chi connectivity index (χ1v) is 6.17. The topological polar surface area (TPSA) is 93.2 Å². The van der Waals surface area contributed by atoms with E-state index in [4.69, 9.17) is 4.55 Å². The second-order valence-corrected chi connectivity index (χ2v) is 4.88. The Labute approximate surface area is 94.9 Å². The Morgan fingerprint density at radius 3 is 2.75 bits per heavy atom. The van der Waals surface area contributed by atoms with Gasteiger partial charge >= 0.3 is 0 Å². The highest BCUT2D eigenvalue weighted by Crippen LogP contribution is 2.00. The number of aryl methyl sites for hydroxylation is 2. The van der Waals surface area contributed by atoms with E-state index in [1.54, 1.807) is 6.08 Å². The lowest BCUT2D eigenvalue weighted by Crippen LogP contribution is -2.29. The zero-order chi connectivity index (χ0) is 11.5. The first-order chi connectivity index (χ1) is 6.94. The summed E-state index contributed by atoms with van der Waals surface area (Å²) < 4.78 is 33.3. The Bertz CT molecular complexity index is 450. The highest BCUT2D eigenvalue weighted by molar-refractivity contribution is 7.85. The van der Waals surface area contributed by atoms with Gasteiger partial charge in [0.05, 0.1) is 19.3 Å². The normalized spacial score (nSPS) is 10.9. The van der Waals surface area contributed by atoms with E-state index in [1.165, 1.54) is 0 Å². The minimum atomic E-state index is -3.85. The van der Waals surface area contributed by atoms with Crippen molar-refractivity contribution in [2.45, 2.75) is 13.0 Å². The van der Waals surface area contributed by atoms with Crippen molar-refractivity contribution in [2.75, 3.05) is 5.75 Å². The highest BCUT2D eigenvalue weighted by atomic mass is 32.2. The second kappa shape index (κ2) is 5.78. The minimum absolute atomic E-state index is 0. The number of hydrogen-bond donors (Lipinski definition) is 1. The van der Waals surface area contributed by atoms with E-state index in [9.17, 15) is 8.42 Å². The summed E-state index contributed by atoms with van der Waals surface area (Å²) in [5.41, 5.74) is 0. The minimum Gasteiger partial charge on any atom is -0.870 e. The van der Waals surface area contributed by atoms with Gasteiger partial charge in [-0.1, -0.05) is 6.58 Å². The molecule has 16 heavy (non-hydrogen) atoms. The van der Waals surface area contributed by atoms with Crippen LogP contribution in [0, 0.1) is 0 Å². The van der Waals surface area contributed by atoms with E-state index < -0.39 is 10.1 Å². The van der Waals surface area contributed by atoms with Crippen molar-refractivity contribution in [1.29, 1.82) is 0 Å². The Balaban J connectivity index is 0.00000225. The van der Waals surface area contributed by atoms with Crippen molar-refractivity contribution in [2.24, 2.45) is 7.05 Å². The summed E-state index contributed by atoms with van der Waals surface area (Å²) in [6, 6.07) is 0. The fraction of sp³-hybridized carbons (Fsp3) is 0.444. The molecule has 0 aliphatic carbocycles. The Hall–Kier alpha value is -1.18. The number of nitrogens with zero attached hydrogens (tertiary/aromatic N) is 2. The van der Waals surface area contributed by atoms with Crippen molar-refractivity contribution >= 4 is 16.2 Å². The van der Waals surface area contributed by atoms with Crippen LogP contribution in [0.25, 0.3) is 6.08 Å². The molecule has 2 N–H and O–H groups in total. The summed E-state index contributed by atoms with van der Waals surface area (Å²) in [6.07, 6.45) is 5.80. The molecule has 0 saturated heterocycles. The molecule has 0 aliphatic heterocycles. The second-order valence-electron chi connectivity index (χ2n) is 3.30. The maximum absolute atomic E-state index is 10.5. The Morgan fingerprint density at radius 1 is 1.62 bits per heavy atom. The van der Waals surface area contributed by atoms with E-state index in [2.05, 4.69) is 6.58 Å². The van der Waals surface area contributed by atoms with Crippen LogP contribution in [0.4, 0.5) is 0 Å². The lowest BCUT2D eigenvalue weighted by atomic mass is 10.4. The smallest absolute Gasteiger partial charge is 0.280 e. The molecule has 0 spiro atoms. The Kier molecular flexibility index (Phi) is 5.36. The highest BCUT2D eigenvalue weighted by Gasteiger charge is 2.11. The molecule has 1 heterocycles. The van der Waals surface area contributed by atoms with Crippen LogP contribution in [-0.4, -0.2) is 28.8 Å². The molecule has 0 aliphatic rings. The van der Waals surface area contributed by atoms with Crippen LogP contribution in [0.1, 0.15) is 12.2 Å². The average Bonchev–Trinajstić information content (AvgIpc) is 2.44. The molecule has 0 radical (unpaired) electrons. The number of hydrogen-bond acceptors (Lipinski definition) is 3. The van der Waals surface area contributed by atoms with Gasteiger partial charge in [0.15, 0.2) is 0 Å². The summed E-state index contributed by atoms with van der Waals surface area (Å²) >= 11 is 0. The molecule has 6 nitrogen and oxygen atoms in total. The van der Waals surface area contributed by atoms with Crippen LogP contribution in [0.15, 0.2) is 19.0 Å². The van der Waals surface area contributed by atoms with Gasteiger partial charge < -0.3 is 5.48 Å². The molecule has 92 valence electrons.